The lowest BCUT2D eigenvalue weighted by Gasteiger charge is -2.11. The molecule has 2 aromatic rings. The summed E-state index contributed by atoms with van der Waals surface area (Å²) in [5, 5.41) is 1.99. The number of hydrogen-bond acceptors (Lipinski definition) is 3. The van der Waals surface area contributed by atoms with E-state index in [1.165, 1.54) is 12.8 Å². The van der Waals surface area contributed by atoms with Crippen LogP contribution >= 0.6 is 43.2 Å². The molecule has 19 heavy (non-hydrogen) atoms. The van der Waals surface area contributed by atoms with Gasteiger partial charge in [-0.25, -0.2) is 4.98 Å². The summed E-state index contributed by atoms with van der Waals surface area (Å²) >= 11 is 8.39. The second kappa shape index (κ2) is 5.50. The Bertz CT molecular complexity index is 659. The lowest BCUT2D eigenvalue weighted by molar-refractivity contribution is 0.688. The normalized spacial score (nSPS) is 16.1. The summed E-state index contributed by atoms with van der Waals surface area (Å²) in [5.41, 5.74) is 0.831. The van der Waals surface area contributed by atoms with Gasteiger partial charge in [-0.15, -0.1) is 11.3 Å². The average Bonchev–Trinajstić information content (AvgIpc) is 3.03. The maximum absolute atomic E-state index is 12.0. The van der Waals surface area contributed by atoms with Crippen LogP contribution in [0.5, 0.6) is 0 Å². The minimum absolute atomic E-state index is 0.0866. The number of nitrogens with one attached hydrogen (secondary N) is 1. The third kappa shape index (κ3) is 2.71. The summed E-state index contributed by atoms with van der Waals surface area (Å²) in [6.45, 7) is 0. The molecule has 0 bridgehead atoms. The summed E-state index contributed by atoms with van der Waals surface area (Å²) in [6, 6.07) is 1.98. The number of rotatable bonds is 2. The standard InChI is InChI=1S/C13H12Br2N2OS/c14-8-5-9(19-6-8)12-16-11(7-3-1-2-4-7)10(15)13(18)17-12/h5-7H,1-4H2,(H,16,17,18). The number of thiophene rings is 1. The molecular weight excluding hydrogens is 392 g/mol. The number of hydrogen-bond donors (Lipinski definition) is 1. The van der Waals surface area contributed by atoms with Crippen molar-refractivity contribution in [3.63, 3.8) is 0 Å². The number of nitrogens with zero attached hydrogens (tertiary/aromatic N) is 1. The zero-order valence-electron chi connectivity index (χ0n) is 10.1. The van der Waals surface area contributed by atoms with E-state index in [2.05, 4.69) is 41.8 Å². The molecule has 1 fully saturated rings. The third-order valence-corrected chi connectivity index (χ3v) is 5.90. The second-order valence-electron chi connectivity index (χ2n) is 4.72. The van der Waals surface area contributed by atoms with Crippen LogP contribution in [0.1, 0.15) is 37.3 Å². The third-order valence-electron chi connectivity index (χ3n) is 3.43. The zero-order valence-corrected chi connectivity index (χ0v) is 14.1. The van der Waals surface area contributed by atoms with Crippen molar-refractivity contribution < 1.29 is 0 Å². The van der Waals surface area contributed by atoms with Gasteiger partial charge in [0.25, 0.3) is 5.56 Å². The molecule has 0 amide bonds. The highest BCUT2D eigenvalue weighted by Crippen LogP contribution is 2.36. The fourth-order valence-electron chi connectivity index (χ4n) is 2.50. The summed E-state index contributed by atoms with van der Waals surface area (Å²) in [6.07, 6.45) is 4.71. The van der Waals surface area contributed by atoms with Crippen LogP contribution in [0.4, 0.5) is 0 Å². The van der Waals surface area contributed by atoms with Crippen LogP contribution in [0.25, 0.3) is 10.7 Å². The maximum Gasteiger partial charge on any atom is 0.265 e. The Hall–Kier alpha value is -0.460. The topological polar surface area (TPSA) is 45.8 Å². The summed E-state index contributed by atoms with van der Waals surface area (Å²) < 4.78 is 1.61. The number of aromatic amines is 1. The molecule has 2 heterocycles. The van der Waals surface area contributed by atoms with Gasteiger partial charge in [-0.05, 0) is 50.8 Å². The predicted molar refractivity (Wildman–Crippen MR) is 84.8 cm³/mol. The number of H-pyrrole nitrogens is 1. The van der Waals surface area contributed by atoms with Gasteiger partial charge in [0.2, 0.25) is 0 Å². The lowest BCUT2D eigenvalue weighted by Crippen LogP contribution is -2.15. The molecule has 2 aromatic heterocycles. The van der Waals surface area contributed by atoms with E-state index in [0.29, 0.717) is 16.2 Å². The molecule has 0 aromatic carbocycles. The SMILES string of the molecule is O=c1[nH]c(-c2cc(Br)cs2)nc(C2CCCC2)c1Br. The molecule has 6 heteroatoms. The van der Waals surface area contributed by atoms with E-state index in [0.717, 1.165) is 27.9 Å². The maximum atomic E-state index is 12.0. The predicted octanol–water partition coefficient (Wildman–Crippen LogP) is 4.68. The monoisotopic (exact) mass is 402 g/mol. The lowest BCUT2D eigenvalue weighted by atomic mass is 10.0. The molecule has 1 aliphatic carbocycles. The van der Waals surface area contributed by atoms with E-state index in [4.69, 9.17) is 0 Å². The molecule has 0 aliphatic heterocycles. The summed E-state index contributed by atoms with van der Waals surface area (Å²) in [5.74, 6) is 1.09. The van der Waals surface area contributed by atoms with Crippen molar-refractivity contribution in [2.75, 3.05) is 0 Å². The Morgan fingerprint density at radius 1 is 1.32 bits per heavy atom. The van der Waals surface area contributed by atoms with E-state index in [1.807, 2.05) is 11.4 Å². The van der Waals surface area contributed by atoms with Gasteiger partial charge in [0, 0.05) is 15.8 Å². The van der Waals surface area contributed by atoms with Crippen LogP contribution in [0.15, 0.2) is 25.2 Å². The molecule has 3 nitrogen and oxygen atoms in total. The fraction of sp³-hybridized carbons (Fsp3) is 0.385. The van der Waals surface area contributed by atoms with Gasteiger partial charge in [0.1, 0.15) is 4.47 Å². The summed E-state index contributed by atoms with van der Waals surface area (Å²) in [7, 11) is 0. The molecule has 0 atom stereocenters. The Labute approximate surface area is 131 Å². The van der Waals surface area contributed by atoms with E-state index in [-0.39, 0.29) is 5.56 Å². The first-order valence-corrected chi connectivity index (χ1v) is 8.66. The highest BCUT2D eigenvalue weighted by Gasteiger charge is 2.23. The van der Waals surface area contributed by atoms with Gasteiger partial charge in [-0.2, -0.15) is 0 Å². The van der Waals surface area contributed by atoms with E-state index in [1.54, 1.807) is 11.3 Å². The van der Waals surface area contributed by atoms with Crippen molar-refractivity contribution >= 4 is 43.2 Å². The first-order valence-electron chi connectivity index (χ1n) is 6.19. The molecule has 0 saturated heterocycles. The molecule has 1 N–H and O–H groups in total. The Kier molecular flexibility index (Phi) is 3.91. The van der Waals surface area contributed by atoms with E-state index < -0.39 is 0 Å². The zero-order chi connectivity index (χ0) is 13.4. The van der Waals surface area contributed by atoms with Crippen molar-refractivity contribution in [1.29, 1.82) is 0 Å². The fourth-order valence-corrected chi connectivity index (χ4v) is 4.38. The van der Waals surface area contributed by atoms with Gasteiger partial charge in [-0.3, -0.25) is 4.79 Å². The van der Waals surface area contributed by atoms with Gasteiger partial charge in [0.15, 0.2) is 5.82 Å². The minimum Gasteiger partial charge on any atom is -0.305 e. The molecule has 0 radical (unpaired) electrons. The molecule has 0 unspecified atom stereocenters. The van der Waals surface area contributed by atoms with Crippen LogP contribution < -0.4 is 5.56 Å². The first-order chi connectivity index (χ1) is 9.15. The molecule has 1 aliphatic rings. The van der Waals surface area contributed by atoms with Crippen LogP contribution in [-0.2, 0) is 0 Å². The Balaban J connectivity index is 2.09. The average molecular weight is 404 g/mol. The van der Waals surface area contributed by atoms with Crippen LogP contribution in [0.2, 0.25) is 0 Å². The van der Waals surface area contributed by atoms with E-state index >= 15 is 0 Å². The molecular formula is C13H12Br2N2OS. The second-order valence-corrected chi connectivity index (χ2v) is 7.34. The van der Waals surface area contributed by atoms with Crippen LogP contribution in [0.3, 0.4) is 0 Å². The summed E-state index contributed by atoms with van der Waals surface area (Å²) in [4.78, 5) is 20.6. The highest BCUT2D eigenvalue weighted by molar-refractivity contribution is 9.10. The van der Waals surface area contributed by atoms with Crippen molar-refractivity contribution in [3.05, 3.63) is 36.4 Å². The highest BCUT2D eigenvalue weighted by atomic mass is 79.9. The van der Waals surface area contributed by atoms with Crippen molar-refractivity contribution in [1.82, 2.24) is 9.97 Å². The number of aromatic nitrogens is 2. The largest absolute Gasteiger partial charge is 0.305 e. The van der Waals surface area contributed by atoms with Crippen LogP contribution in [0, 0.1) is 0 Å². The Morgan fingerprint density at radius 2 is 2.05 bits per heavy atom. The van der Waals surface area contributed by atoms with Crippen molar-refractivity contribution in [2.24, 2.45) is 0 Å². The van der Waals surface area contributed by atoms with Gasteiger partial charge >= 0.3 is 0 Å². The van der Waals surface area contributed by atoms with Gasteiger partial charge in [-0.1, -0.05) is 12.8 Å². The molecule has 100 valence electrons. The van der Waals surface area contributed by atoms with Crippen molar-refractivity contribution in [2.45, 2.75) is 31.6 Å². The minimum atomic E-state index is -0.0866. The first kappa shape index (κ1) is 13.5. The quantitative estimate of drug-likeness (QED) is 0.790. The van der Waals surface area contributed by atoms with E-state index in [9.17, 15) is 4.79 Å². The van der Waals surface area contributed by atoms with Gasteiger partial charge < -0.3 is 4.98 Å². The molecule has 1 saturated carbocycles. The number of halogens is 2. The Morgan fingerprint density at radius 3 is 2.68 bits per heavy atom. The molecule has 0 spiro atoms. The van der Waals surface area contributed by atoms with Crippen LogP contribution in [-0.4, -0.2) is 9.97 Å². The van der Waals surface area contributed by atoms with Gasteiger partial charge in [0.05, 0.1) is 10.6 Å². The smallest absolute Gasteiger partial charge is 0.265 e. The van der Waals surface area contributed by atoms with Crippen molar-refractivity contribution in [3.8, 4) is 10.7 Å². The molecule has 3 rings (SSSR count).